The number of aliphatic hydroxyl groups excluding tert-OH is 1. The molecule has 1 heterocycles. The van der Waals surface area contributed by atoms with Crippen molar-refractivity contribution in [3.63, 3.8) is 0 Å². The zero-order valence-corrected chi connectivity index (χ0v) is 14.9. The van der Waals surface area contributed by atoms with Crippen LogP contribution in [0.15, 0.2) is 30.3 Å². The second-order valence-corrected chi connectivity index (χ2v) is 7.20. The van der Waals surface area contributed by atoms with E-state index in [0.29, 0.717) is 12.8 Å². The number of hydrogen-bond donors (Lipinski definition) is 2. The van der Waals surface area contributed by atoms with Crippen LogP contribution in [-0.4, -0.2) is 46.4 Å². The van der Waals surface area contributed by atoms with Crippen molar-refractivity contribution in [2.24, 2.45) is 5.92 Å². The number of Topliss-reactive ketones (excluding diaryl/α,β-unsaturated/α-hetero) is 1. The van der Waals surface area contributed by atoms with Gasteiger partial charge in [0.2, 0.25) is 0 Å². The molecule has 140 valence electrons. The number of nitrogens with zero attached hydrogens (tertiary/aromatic N) is 1. The van der Waals surface area contributed by atoms with E-state index < -0.39 is 30.5 Å². The summed E-state index contributed by atoms with van der Waals surface area (Å²) in [6, 6.07) is 7.83. The maximum Gasteiger partial charge on any atom is 0.325 e. The molecule has 1 saturated heterocycles. The standard InChI is InChI=1S/C20H26N2O4/c23-13-17(24)18(15-9-5-2-6-10-15)22-19(25)16(21-20(22)26)12-11-14-7-3-1-4-8-14/h1,3-4,7-8,15-16,18,23H,2,5-6,9-13H2,(H,21,26)/t16-,18+/m0/s1. The number of benzene rings is 1. The predicted octanol–water partition coefficient (Wildman–Crippen LogP) is 2.05. The van der Waals surface area contributed by atoms with E-state index in [0.717, 1.165) is 42.6 Å². The van der Waals surface area contributed by atoms with Crippen molar-refractivity contribution in [2.75, 3.05) is 6.61 Å². The van der Waals surface area contributed by atoms with Crippen LogP contribution >= 0.6 is 0 Å². The Hall–Kier alpha value is -2.21. The van der Waals surface area contributed by atoms with Crippen molar-refractivity contribution in [1.82, 2.24) is 10.2 Å². The van der Waals surface area contributed by atoms with Gasteiger partial charge in [0.15, 0.2) is 5.78 Å². The van der Waals surface area contributed by atoms with E-state index >= 15 is 0 Å². The summed E-state index contributed by atoms with van der Waals surface area (Å²) in [5.74, 6) is -0.835. The number of aryl methyl sites for hydroxylation is 1. The third-order valence-corrected chi connectivity index (χ3v) is 5.48. The first kappa shape index (κ1) is 18.6. The Bertz CT molecular complexity index is 655. The third-order valence-electron chi connectivity index (χ3n) is 5.48. The van der Waals surface area contributed by atoms with Gasteiger partial charge in [0.1, 0.15) is 18.7 Å². The van der Waals surface area contributed by atoms with Crippen molar-refractivity contribution in [3.8, 4) is 0 Å². The molecule has 3 amide bonds. The molecule has 0 bridgehead atoms. The van der Waals surface area contributed by atoms with Crippen LogP contribution in [0.5, 0.6) is 0 Å². The fourth-order valence-corrected chi connectivity index (χ4v) is 4.12. The van der Waals surface area contributed by atoms with Crippen molar-refractivity contribution in [3.05, 3.63) is 35.9 Å². The summed E-state index contributed by atoms with van der Waals surface area (Å²) in [4.78, 5) is 38.8. The Morgan fingerprint density at radius 2 is 1.85 bits per heavy atom. The quantitative estimate of drug-likeness (QED) is 0.731. The van der Waals surface area contributed by atoms with Gasteiger partial charge in [-0.2, -0.15) is 0 Å². The minimum atomic E-state index is -0.838. The SMILES string of the molecule is O=C(CO)[C@@H](C1CCCCC1)N1C(=O)N[C@@H](CCc2ccccc2)C1=O. The molecule has 1 aliphatic heterocycles. The maximum atomic E-state index is 12.9. The van der Waals surface area contributed by atoms with E-state index in [-0.39, 0.29) is 11.8 Å². The van der Waals surface area contributed by atoms with Gasteiger partial charge in [-0.05, 0) is 37.2 Å². The van der Waals surface area contributed by atoms with Crippen LogP contribution in [0.1, 0.15) is 44.1 Å². The molecular weight excluding hydrogens is 332 g/mol. The molecule has 1 aliphatic carbocycles. The highest BCUT2D eigenvalue weighted by molar-refractivity contribution is 6.08. The number of imide groups is 1. The van der Waals surface area contributed by atoms with Crippen molar-refractivity contribution >= 4 is 17.7 Å². The average Bonchev–Trinajstić information content (AvgIpc) is 2.96. The lowest BCUT2D eigenvalue weighted by Crippen LogP contribution is -2.51. The van der Waals surface area contributed by atoms with E-state index in [4.69, 9.17) is 0 Å². The van der Waals surface area contributed by atoms with Gasteiger partial charge in [0.05, 0.1) is 0 Å². The van der Waals surface area contributed by atoms with Gasteiger partial charge >= 0.3 is 6.03 Å². The lowest BCUT2D eigenvalue weighted by Gasteiger charge is -2.33. The number of carbonyl (C=O) groups is 3. The number of hydrogen-bond acceptors (Lipinski definition) is 4. The lowest BCUT2D eigenvalue weighted by atomic mass is 9.81. The molecule has 1 saturated carbocycles. The molecule has 26 heavy (non-hydrogen) atoms. The summed E-state index contributed by atoms with van der Waals surface area (Å²) in [6.07, 6.45) is 5.87. The largest absolute Gasteiger partial charge is 0.388 e. The zero-order chi connectivity index (χ0) is 18.5. The van der Waals surface area contributed by atoms with Gasteiger partial charge in [-0.3, -0.25) is 14.5 Å². The molecule has 2 aliphatic rings. The number of carbonyl (C=O) groups excluding carboxylic acids is 3. The number of aliphatic hydroxyl groups is 1. The Morgan fingerprint density at radius 1 is 1.15 bits per heavy atom. The number of nitrogens with one attached hydrogen (secondary N) is 1. The first-order valence-electron chi connectivity index (χ1n) is 9.43. The molecule has 6 nitrogen and oxygen atoms in total. The first-order valence-corrected chi connectivity index (χ1v) is 9.43. The molecule has 0 unspecified atom stereocenters. The molecular formula is C20H26N2O4. The Labute approximate surface area is 153 Å². The highest BCUT2D eigenvalue weighted by atomic mass is 16.3. The highest BCUT2D eigenvalue weighted by Crippen LogP contribution is 2.31. The monoisotopic (exact) mass is 358 g/mol. The fraction of sp³-hybridized carbons (Fsp3) is 0.550. The maximum absolute atomic E-state index is 12.9. The Morgan fingerprint density at radius 3 is 2.50 bits per heavy atom. The smallest absolute Gasteiger partial charge is 0.325 e. The summed E-state index contributed by atoms with van der Waals surface area (Å²) < 4.78 is 0. The molecule has 1 aromatic carbocycles. The fourth-order valence-electron chi connectivity index (χ4n) is 4.12. The highest BCUT2D eigenvalue weighted by Gasteiger charge is 2.46. The van der Waals surface area contributed by atoms with Crippen molar-refractivity contribution in [2.45, 2.75) is 57.0 Å². The van der Waals surface area contributed by atoms with Crippen molar-refractivity contribution < 1.29 is 19.5 Å². The molecule has 6 heteroatoms. The van der Waals surface area contributed by atoms with E-state index in [1.807, 2.05) is 30.3 Å². The second kappa shape index (κ2) is 8.45. The molecule has 2 N–H and O–H groups in total. The Balaban J connectivity index is 1.72. The summed E-state index contributed by atoms with van der Waals surface area (Å²) in [5.41, 5.74) is 1.10. The predicted molar refractivity (Wildman–Crippen MR) is 96.4 cm³/mol. The van der Waals surface area contributed by atoms with E-state index in [9.17, 15) is 19.5 Å². The second-order valence-electron chi connectivity index (χ2n) is 7.20. The third kappa shape index (κ3) is 3.96. The van der Waals surface area contributed by atoms with Gasteiger partial charge < -0.3 is 10.4 Å². The average molecular weight is 358 g/mol. The van der Waals surface area contributed by atoms with Gasteiger partial charge in [-0.25, -0.2) is 4.79 Å². The van der Waals surface area contributed by atoms with Crippen LogP contribution in [0.4, 0.5) is 4.79 Å². The van der Waals surface area contributed by atoms with Crippen LogP contribution in [0.2, 0.25) is 0 Å². The van der Waals surface area contributed by atoms with E-state index in [1.165, 1.54) is 0 Å². The minimum absolute atomic E-state index is 0.0500. The summed E-state index contributed by atoms with van der Waals surface area (Å²) in [6.45, 7) is -0.646. The van der Waals surface area contributed by atoms with Crippen LogP contribution < -0.4 is 5.32 Å². The topological polar surface area (TPSA) is 86.7 Å². The lowest BCUT2D eigenvalue weighted by molar-refractivity contribution is -0.138. The van der Waals surface area contributed by atoms with Gasteiger partial charge in [0.25, 0.3) is 5.91 Å². The molecule has 2 fully saturated rings. The van der Waals surface area contributed by atoms with Crippen LogP contribution in [-0.2, 0) is 16.0 Å². The van der Waals surface area contributed by atoms with Crippen molar-refractivity contribution in [1.29, 1.82) is 0 Å². The molecule has 3 rings (SSSR count). The summed E-state index contributed by atoms with van der Waals surface area (Å²) in [5, 5.41) is 12.1. The molecule has 0 spiro atoms. The van der Waals surface area contributed by atoms with Crippen LogP contribution in [0.3, 0.4) is 0 Å². The van der Waals surface area contributed by atoms with E-state index in [1.54, 1.807) is 0 Å². The van der Waals surface area contributed by atoms with Crippen LogP contribution in [0.25, 0.3) is 0 Å². The normalized spacial score (nSPS) is 22.3. The van der Waals surface area contributed by atoms with Gasteiger partial charge in [-0.15, -0.1) is 0 Å². The number of amides is 3. The van der Waals surface area contributed by atoms with Crippen LogP contribution in [0, 0.1) is 5.92 Å². The Kier molecular flexibility index (Phi) is 6.04. The molecule has 0 aromatic heterocycles. The van der Waals surface area contributed by atoms with Gasteiger partial charge in [0, 0.05) is 0 Å². The number of rotatable bonds is 7. The molecule has 0 radical (unpaired) electrons. The molecule has 2 atom stereocenters. The summed E-state index contributed by atoms with van der Waals surface area (Å²) >= 11 is 0. The minimum Gasteiger partial charge on any atom is -0.388 e. The zero-order valence-electron chi connectivity index (χ0n) is 14.9. The van der Waals surface area contributed by atoms with E-state index in [2.05, 4.69) is 5.32 Å². The first-order chi connectivity index (χ1) is 12.6. The number of urea groups is 1. The molecule has 1 aromatic rings. The summed E-state index contributed by atoms with van der Waals surface area (Å²) in [7, 11) is 0. The number of ketones is 1. The van der Waals surface area contributed by atoms with Gasteiger partial charge in [-0.1, -0.05) is 49.6 Å².